The summed E-state index contributed by atoms with van der Waals surface area (Å²) in [7, 11) is 0. The lowest BCUT2D eigenvalue weighted by atomic mass is 9.97. The molecule has 7 nitrogen and oxygen atoms in total. The Bertz CT molecular complexity index is 1150. The van der Waals surface area contributed by atoms with Gasteiger partial charge in [-0.3, -0.25) is 9.59 Å². The number of nitrogens with one attached hydrogen (secondary N) is 2. The molecule has 0 aliphatic carbocycles. The van der Waals surface area contributed by atoms with E-state index in [4.69, 9.17) is 17.3 Å². The highest BCUT2D eigenvalue weighted by Crippen LogP contribution is 2.24. The van der Waals surface area contributed by atoms with Gasteiger partial charge in [0, 0.05) is 13.0 Å². The Morgan fingerprint density at radius 2 is 1.61 bits per heavy atom. The number of amides is 2. The monoisotopic (exact) mass is 465 g/mol. The quantitative estimate of drug-likeness (QED) is 0.366. The van der Waals surface area contributed by atoms with Gasteiger partial charge in [-0.15, -0.1) is 0 Å². The number of carbonyl (C=O) groups is 3. The van der Waals surface area contributed by atoms with Gasteiger partial charge in [-0.25, -0.2) is 4.79 Å². The van der Waals surface area contributed by atoms with Gasteiger partial charge in [0.05, 0.1) is 17.1 Å². The first-order valence-electron chi connectivity index (χ1n) is 10.3. The van der Waals surface area contributed by atoms with E-state index in [1.807, 2.05) is 48.5 Å². The summed E-state index contributed by atoms with van der Waals surface area (Å²) < 4.78 is 0. The molecule has 0 saturated carbocycles. The van der Waals surface area contributed by atoms with E-state index in [9.17, 15) is 19.5 Å². The number of halogens is 1. The normalized spacial score (nSPS) is 11.5. The second kappa shape index (κ2) is 11.3. The highest BCUT2D eigenvalue weighted by molar-refractivity contribution is 6.33. The molecule has 2 amide bonds. The Hall–Kier alpha value is -3.68. The van der Waals surface area contributed by atoms with Crippen molar-refractivity contribution in [1.82, 2.24) is 10.6 Å². The van der Waals surface area contributed by atoms with Crippen LogP contribution in [0.5, 0.6) is 0 Å². The molecule has 1 unspecified atom stereocenters. The summed E-state index contributed by atoms with van der Waals surface area (Å²) >= 11 is 6.04. The molecule has 0 spiro atoms. The van der Waals surface area contributed by atoms with Crippen molar-refractivity contribution in [3.63, 3.8) is 0 Å². The summed E-state index contributed by atoms with van der Waals surface area (Å²) in [5.41, 5.74) is 9.10. The molecule has 3 aromatic carbocycles. The third-order valence-corrected chi connectivity index (χ3v) is 5.39. The number of hydrogen-bond donors (Lipinski definition) is 4. The molecule has 0 fully saturated rings. The van der Waals surface area contributed by atoms with Gasteiger partial charge in [0.15, 0.2) is 0 Å². The van der Waals surface area contributed by atoms with Crippen molar-refractivity contribution in [3.05, 3.63) is 94.5 Å². The van der Waals surface area contributed by atoms with E-state index < -0.39 is 23.8 Å². The molecule has 3 aromatic rings. The molecular formula is C25H24ClN3O4. The van der Waals surface area contributed by atoms with Crippen LogP contribution < -0.4 is 16.4 Å². The van der Waals surface area contributed by atoms with Crippen LogP contribution in [-0.2, 0) is 22.6 Å². The third-order valence-electron chi connectivity index (χ3n) is 5.06. The van der Waals surface area contributed by atoms with Gasteiger partial charge >= 0.3 is 5.97 Å². The van der Waals surface area contributed by atoms with Crippen LogP contribution in [-0.4, -0.2) is 35.5 Å². The summed E-state index contributed by atoms with van der Waals surface area (Å²) in [5.74, 6) is -2.10. The van der Waals surface area contributed by atoms with Crippen LogP contribution in [0.4, 0.5) is 0 Å². The van der Waals surface area contributed by atoms with Gasteiger partial charge in [-0.2, -0.15) is 0 Å². The van der Waals surface area contributed by atoms with E-state index in [2.05, 4.69) is 10.6 Å². The average Bonchev–Trinajstić information content (AvgIpc) is 2.79. The Morgan fingerprint density at radius 3 is 2.27 bits per heavy atom. The molecular weight excluding hydrogens is 442 g/mol. The van der Waals surface area contributed by atoms with Crippen molar-refractivity contribution in [2.24, 2.45) is 5.73 Å². The first kappa shape index (κ1) is 24.0. The summed E-state index contributed by atoms with van der Waals surface area (Å²) in [6.07, 6.45) is 0.119. The highest BCUT2D eigenvalue weighted by Gasteiger charge is 2.22. The molecule has 0 saturated heterocycles. The number of nitrogens with two attached hydrogens (primary N) is 1. The average molecular weight is 466 g/mol. The first-order valence-corrected chi connectivity index (χ1v) is 10.7. The Kier molecular flexibility index (Phi) is 8.18. The van der Waals surface area contributed by atoms with Crippen molar-refractivity contribution in [2.45, 2.75) is 19.0 Å². The van der Waals surface area contributed by atoms with Crippen molar-refractivity contribution in [2.75, 3.05) is 6.54 Å². The fraction of sp³-hybridized carbons (Fsp3) is 0.160. The molecule has 0 heterocycles. The van der Waals surface area contributed by atoms with Crippen LogP contribution in [0.2, 0.25) is 5.02 Å². The lowest BCUT2D eigenvalue weighted by Gasteiger charge is -2.16. The predicted octanol–water partition coefficient (Wildman–Crippen LogP) is 3.01. The third kappa shape index (κ3) is 6.65. The van der Waals surface area contributed by atoms with Crippen LogP contribution in [0.3, 0.4) is 0 Å². The smallest absolute Gasteiger partial charge is 0.326 e. The first-order chi connectivity index (χ1) is 15.8. The summed E-state index contributed by atoms with van der Waals surface area (Å²) in [6.45, 7) is 0.569. The molecule has 0 aliphatic heterocycles. The zero-order chi connectivity index (χ0) is 23.8. The maximum atomic E-state index is 12.5. The number of hydrogen-bond acceptors (Lipinski definition) is 4. The molecule has 0 radical (unpaired) electrons. The van der Waals surface area contributed by atoms with E-state index in [0.717, 1.165) is 22.3 Å². The molecule has 170 valence electrons. The number of primary amides is 1. The number of benzene rings is 3. The van der Waals surface area contributed by atoms with Gasteiger partial charge in [0.2, 0.25) is 5.91 Å². The molecule has 33 heavy (non-hydrogen) atoms. The van der Waals surface area contributed by atoms with Gasteiger partial charge in [0.1, 0.15) is 6.04 Å². The molecule has 8 heteroatoms. The van der Waals surface area contributed by atoms with E-state index in [1.165, 1.54) is 0 Å². The van der Waals surface area contributed by atoms with Crippen LogP contribution in [0.1, 0.15) is 21.5 Å². The largest absolute Gasteiger partial charge is 0.480 e. The summed E-state index contributed by atoms with van der Waals surface area (Å²) in [4.78, 5) is 35.2. The highest BCUT2D eigenvalue weighted by atomic mass is 35.5. The summed E-state index contributed by atoms with van der Waals surface area (Å²) in [6, 6.07) is 20.6. The van der Waals surface area contributed by atoms with Crippen LogP contribution >= 0.6 is 11.6 Å². The minimum Gasteiger partial charge on any atom is -0.480 e. The van der Waals surface area contributed by atoms with Gasteiger partial charge in [0.25, 0.3) is 5.91 Å². The van der Waals surface area contributed by atoms with E-state index in [-0.39, 0.29) is 23.6 Å². The number of rotatable bonds is 10. The SMILES string of the molecule is NC(=O)CNCc1ccccc1-c1ccc(CC(NC(=O)c2ccccc2Cl)C(=O)O)cc1. The van der Waals surface area contributed by atoms with E-state index in [0.29, 0.717) is 6.54 Å². The van der Waals surface area contributed by atoms with Gasteiger partial charge < -0.3 is 21.5 Å². The number of carboxylic acid groups (broad SMARTS) is 1. The lowest BCUT2D eigenvalue weighted by Crippen LogP contribution is -2.42. The Labute approximate surface area is 196 Å². The lowest BCUT2D eigenvalue weighted by molar-refractivity contribution is -0.139. The molecule has 0 aliphatic rings. The van der Waals surface area contributed by atoms with Gasteiger partial charge in [-0.05, 0) is 34.4 Å². The zero-order valence-electron chi connectivity index (χ0n) is 17.8. The van der Waals surface area contributed by atoms with Crippen molar-refractivity contribution < 1.29 is 19.5 Å². The molecule has 0 bridgehead atoms. The minimum absolute atomic E-state index is 0.0871. The Balaban J connectivity index is 1.72. The van der Waals surface area contributed by atoms with Gasteiger partial charge in [-0.1, -0.05) is 72.3 Å². The van der Waals surface area contributed by atoms with Crippen LogP contribution in [0, 0.1) is 0 Å². The minimum atomic E-state index is -1.13. The van der Waals surface area contributed by atoms with Crippen molar-refractivity contribution >= 4 is 29.4 Å². The molecule has 3 rings (SSSR count). The van der Waals surface area contributed by atoms with Crippen LogP contribution in [0.25, 0.3) is 11.1 Å². The maximum Gasteiger partial charge on any atom is 0.326 e. The van der Waals surface area contributed by atoms with E-state index >= 15 is 0 Å². The molecule has 1 atom stereocenters. The fourth-order valence-corrected chi connectivity index (χ4v) is 3.64. The standard InChI is InChI=1S/C25H24ClN3O4/c26-21-8-4-3-7-20(21)24(31)29-22(25(32)33)13-16-9-11-17(12-10-16)19-6-2-1-5-18(19)14-28-15-23(27)30/h1-12,22,28H,13-15H2,(H2,27,30)(H,29,31)(H,32,33). The molecule has 0 aromatic heterocycles. The van der Waals surface area contributed by atoms with Crippen LogP contribution in [0.15, 0.2) is 72.8 Å². The second-order valence-corrected chi connectivity index (χ2v) is 7.88. The second-order valence-electron chi connectivity index (χ2n) is 7.47. The van der Waals surface area contributed by atoms with Crippen molar-refractivity contribution in [1.29, 1.82) is 0 Å². The summed E-state index contributed by atoms with van der Waals surface area (Å²) in [5, 5.41) is 15.4. The molecule has 5 N–H and O–H groups in total. The number of aliphatic carboxylic acids is 1. The predicted molar refractivity (Wildman–Crippen MR) is 127 cm³/mol. The topological polar surface area (TPSA) is 122 Å². The number of carbonyl (C=O) groups excluding carboxylic acids is 2. The van der Waals surface area contributed by atoms with Crippen molar-refractivity contribution in [3.8, 4) is 11.1 Å². The zero-order valence-corrected chi connectivity index (χ0v) is 18.5. The van der Waals surface area contributed by atoms with E-state index in [1.54, 1.807) is 24.3 Å². The number of carboxylic acids is 1. The maximum absolute atomic E-state index is 12.5. The Morgan fingerprint density at radius 1 is 0.939 bits per heavy atom. The fourth-order valence-electron chi connectivity index (χ4n) is 3.41.